The predicted molar refractivity (Wildman–Crippen MR) is 194 cm³/mol. The fourth-order valence-electron chi connectivity index (χ4n) is 6.76. The van der Waals surface area contributed by atoms with Crippen molar-refractivity contribution in [1.82, 2.24) is 4.72 Å². The third kappa shape index (κ3) is 8.43. The van der Waals surface area contributed by atoms with E-state index in [2.05, 4.69) is 0 Å². The summed E-state index contributed by atoms with van der Waals surface area (Å²) >= 11 is 1.74. The van der Waals surface area contributed by atoms with Gasteiger partial charge in [0.15, 0.2) is 0 Å². The van der Waals surface area contributed by atoms with Gasteiger partial charge in [-0.25, -0.2) is 4.72 Å². The Kier molecular flexibility index (Phi) is 11.5. The van der Waals surface area contributed by atoms with Gasteiger partial charge in [0.05, 0.1) is 11.8 Å². The van der Waals surface area contributed by atoms with E-state index in [0.717, 1.165) is 39.1 Å². The molecule has 0 spiro atoms. The van der Waals surface area contributed by atoms with Crippen molar-refractivity contribution in [2.75, 3.05) is 26.4 Å². The lowest BCUT2D eigenvalue weighted by Crippen LogP contribution is -2.48. The van der Waals surface area contributed by atoms with E-state index in [9.17, 15) is 48.9 Å². The number of halogens is 4. The predicted octanol–water partition coefficient (Wildman–Crippen LogP) is 5.18. The molecule has 55 heavy (non-hydrogen) atoms. The Morgan fingerprint density at radius 1 is 0.673 bits per heavy atom. The number of benzene rings is 4. The first-order chi connectivity index (χ1) is 26.0. The smallest absolute Gasteiger partial charge is 0.490 e. The van der Waals surface area contributed by atoms with E-state index in [1.54, 1.807) is 22.6 Å². The van der Waals surface area contributed by atoms with Gasteiger partial charge >= 0.3 is 27.5 Å². The number of hydrogen-bond acceptors (Lipinski definition) is 11. The highest BCUT2D eigenvalue weighted by molar-refractivity contribution is 14.1. The maximum absolute atomic E-state index is 13.9. The molecule has 2 bridgehead atoms. The highest BCUT2D eigenvalue weighted by Crippen LogP contribution is 2.58. The van der Waals surface area contributed by atoms with Crippen LogP contribution in [-0.4, -0.2) is 71.2 Å². The Balaban J connectivity index is 1.13. The molecule has 2 atom stereocenters. The lowest BCUT2D eigenvalue weighted by atomic mass is 9.54. The normalized spacial score (nSPS) is 18.7. The molecule has 290 valence electrons. The zero-order valence-corrected chi connectivity index (χ0v) is 31.9. The lowest BCUT2D eigenvalue weighted by Gasteiger charge is -2.48. The molecule has 0 heterocycles. The van der Waals surface area contributed by atoms with Gasteiger partial charge in [0.25, 0.3) is 16.0 Å². The number of fused-ring (bicyclic) bond motifs is 1. The fourth-order valence-corrected chi connectivity index (χ4v) is 9.11. The standard InChI is InChI=1S/C36H29F3INO12S2/c37-36(38,39)55(48,49)41-33(42)20-9-11-21(12-10-20)50-15-17-52-34(43)31-29-23-5-1-3-7-25(23)30(26-8-4-2-6-24(26)29)32(31)35(44)53-18-16-51-22-13-14-28(27(40)19-22)54(45,46)47/h1-14,19,29-32H,15-18H2,(H,41,42)(H,45,46,47). The van der Waals surface area contributed by atoms with Crippen molar-refractivity contribution in [2.45, 2.75) is 22.2 Å². The minimum absolute atomic E-state index is 0.105. The van der Waals surface area contributed by atoms with E-state index in [1.165, 1.54) is 30.3 Å². The third-order valence-electron chi connectivity index (χ3n) is 9.00. The number of ether oxygens (including phenoxy) is 4. The van der Waals surface area contributed by atoms with Gasteiger partial charge in [-0.1, -0.05) is 48.5 Å². The number of sulfonamides is 1. The second kappa shape index (κ2) is 15.8. The van der Waals surface area contributed by atoms with Crippen molar-refractivity contribution < 1.29 is 67.9 Å². The highest BCUT2D eigenvalue weighted by Gasteiger charge is 2.56. The summed E-state index contributed by atoms with van der Waals surface area (Å²) in [6, 6.07) is 23.5. The Bertz CT molecular complexity index is 2310. The molecule has 2 N–H and O–H groups in total. The van der Waals surface area contributed by atoms with Crippen LogP contribution in [0, 0.1) is 15.4 Å². The van der Waals surface area contributed by atoms with Crippen LogP contribution in [0.1, 0.15) is 44.4 Å². The summed E-state index contributed by atoms with van der Waals surface area (Å²) in [5.74, 6) is -5.52. The van der Waals surface area contributed by atoms with E-state index < -0.39 is 67.2 Å². The van der Waals surface area contributed by atoms with Crippen LogP contribution in [0.25, 0.3) is 0 Å². The number of alkyl halides is 3. The van der Waals surface area contributed by atoms with Crippen LogP contribution >= 0.6 is 22.6 Å². The molecule has 7 rings (SSSR count). The van der Waals surface area contributed by atoms with Crippen molar-refractivity contribution in [1.29, 1.82) is 0 Å². The minimum atomic E-state index is -5.90. The first kappa shape index (κ1) is 39.9. The van der Waals surface area contributed by atoms with Crippen molar-refractivity contribution in [3.63, 3.8) is 0 Å². The average Bonchev–Trinajstić information content (AvgIpc) is 3.13. The number of hydrogen-bond donors (Lipinski definition) is 2. The quantitative estimate of drug-likeness (QED) is 0.0775. The van der Waals surface area contributed by atoms with Gasteiger partial charge in [-0.05, 0) is 87.3 Å². The minimum Gasteiger partial charge on any atom is -0.490 e. The molecule has 0 fully saturated rings. The van der Waals surface area contributed by atoms with Gasteiger partial charge in [0.2, 0.25) is 0 Å². The maximum atomic E-state index is 13.9. The molecule has 3 aliphatic rings. The summed E-state index contributed by atoms with van der Waals surface area (Å²) in [5.41, 5.74) is -2.57. The summed E-state index contributed by atoms with van der Waals surface area (Å²) in [6.07, 6.45) is 0. The number of carbonyl (C=O) groups excluding carboxylic acids is 3. The van der Waals surface area contributed by atoms with Crippen LogP contribution < -0.4 is 14.2 Å². The number of esters is 2. The third-order valence-corrected chi connectivity index (χ3v) is 12.2. The van der Waals surface area contributed by atoms with Gasteiger partial charge in [0, 0.05) is 21.0 Å². The van der Waals surface area contributed by atoms with Crippen LogP contribution in [0.3, 0.4) is 0 Å². The van der Waals surface area contributed by atoms with Crippen LogP contribution in [0.4, 0.5) is 13.2 Å². The van der Waals surface area contributed by atoms with Gasteiger partial charge in [-0.15, -0.1) is 0 Å². The molecule has 4 aromatic carbocycles. The van der Waals surface area contributed by atoms with E-state index in [1.807, 2.05) is 48.5 Å². The van der Waals surface area contributed by atoms with Crippen molar-refractivity contribution >= 4 is 60.6 Å². The summed E-state index contributed by atoms with van der Waals surface area (Å²) < 4.78 is 116. The molecular formula is C36H29F3INO12S2. The molecule has 13 nitrogen and oxygen atoms in total. The van der Waals surface area contributed by atoms with Crippen LogP contribution in [0.5, 0.6) is 11.5 Å². The van der Waals surface area contributed by atoms with E-state index in [-0.39, 0.29) is 52.0 Å². The molecule has 0 aromatic heterocycles. The fraction of sp³-hybridized carbons (Fsp3) is 0.250. The summed E-state index contributed by atoms with van der Waals surface area (Å²) in [7, 11) is -10.3. The van der Waals surface area contributed by atoms with Crippen LogP contribution in [0.2, 0.25) is 0 Å². The summed E-state index contributed by atoms with van der Waals surface area (Å²) in [4.78, 5) is 39.6. The largest absolute Gasteiger partial charge is 0.516 e. The second-order valence-electron chi connectivity index (χ2n) is 12.3. The molecule has 0 saturated carbocycles. The topological polar surface area (TPSA) is 189 Å². The Morgan fingerprint density at radius 2 is 1.11 bits per heavy atom. The lowest BCUT2D eigenvalue weighted by molar-refractivity contribution is -0.164. The number of rotatable bonds is 13. The van der Waals surface area contributed by atoms with Gasteiger partial charge in [-0.3, -0.25) is 18.9 Å². The van der Waals surface area contributed by atoms with Gasteiger partial charge in [0.1, 0.15) is 42.8 Å². The van der Waals surface area contributed by atoms with Gasteiger partial charge < -0.3 is 18.9 Å². The van der Waals surface area contributed by atoms with Crippen LogP contribution in [0.15, 0.2) is 95.9 Å². The zero-order valence-electron chi connectivity index (χ0n) is 28.1. The molecule has 0 saturated heterocycles. The first-order valence-electron chi connectivity index (χ1n) is 16.2. The molecule has 0 aliphatic heterocycles. The van der Waals surface area contributed by atoms with E-state index >= 15 is 0 Å². The monoisotopic (exact) mass is 915 g/mol. The number of carbonyl (C=O) groups is 3. The zero-order chi connectivity index (χ0) is 39.7. The number of nitrogens with one attached hydrogen (secondary N) is 1. The summed E-state index contributed by atoms with van der Waals surface area (Å²) in [5, 5.41) is 0. The SMILES string of the molecule is O=C(NS(=O)(=O)C(F)(F)F)c1ccc(OCCOC(=O)C2C3c4ccccc4C(c4ccccc43)C2C(=O)OCCOc2ccc(S(=O)(=O)O)c(I)c2)cc1. The van der Waals surface area contributed by atoms with E-state index in [4.69, 9.17) is 18.9 Å². The molecule has 0 radical (unpaired) electrons. The van der Waals surface area contributed by atoms with Crippen molar-refractivity contribution in [3.05, 3.63) is 122 Å². The number of amides is 1. The van der Waals surface area contributed by atoms with E-state index in [0.29, 0.717) is 0 Å². The van der Waals surface area contributed by atoms with Crippen molar-refractivity contribution in [3.8, 4) is 11.5 Å². The highest BCUT2D eigenvalue weighted by atomic mass is 127. The molecule has 4 aromatic rings. The average molecular weight is 916 g/mol. The Morgan fingerprint density at radius 3 is 1.53 bits per heavy atom. The van der Waals surface area contributed by atoms with Gasteiger partial charge in [-0.2, -0.15) is 30.0 Å². The molecule has 3 aliphatic carbocycles. The molecule has 19 heteroatoms. The van der Waals surface area contributed by atoms with Crippen molar-refractivity contribution in [2.24, 2.45) is 11.8 Å². The molecular weight excluding hydrogens is 886 g/mol. The first-order valence-corrected chi connectivity index (χ1v) is 20.2. The second-order valence-corrected chi connectivity index (χ2v) is 16.5. The molecule has 2 unspecified atom stereocenters. The maximum Gasteiger partial charge on any atom is 0.516 e. The van der Waals surface area contributed by atoms with Crippen LogP contribution in [-0.2, 0) is 39.2 Å². The molecule has 1 amide bonds. The Labute approximate surface area is 326 Å². The Hall–Kier alpha value is -4.73. The summed E-state index contributed by atoms with van der Waals surface area (Å²) in [6.45, 7) is -0.774.